The van der Waals surface area contributed by atoms with E-state index in [9.17, 15) is 0 Å². The fraction of sp³-hybridized carbons (Fsp3) is 0.667. The van der Waals surface area contributed by atoms with Gasteiger partial charge in [-0.25, -0.2) is 0 Å². The van der Waals surface area contributed by atoms with Gasteiger partial charge >= 0.3 is 0 Å². The predicted molar refractivity (Wildman–Crippen MR) is 112 cm³/mol. The number of aliphatic imine (C=N–C) groups is 1. The largest absolute Gasteiger partial charge is 0.356 e. The monoisotopic (exact) mass is 445 g/mol. The van der Waals surface area contributed by atoms with Crippen LogP contribution in [-0.4, -0.2) is 55.1 Å². The molecule has 0 saturated carbocycles. The van der Waals surface area contributed by atoms with Crippen LogP contribution in [0.15, 0.2) is 29.5 Å². The average Bonchev–Trinajstić information content (AvgIpc) is 2.59. The summed E-state index contributed by atoms with van der Waals surface area (Å²) in [5.74, 6) is 0.889. The van der Waals surface area contributed by atoms with Crippen LogP contribution in [-0.2, 0) is 6.42 Å². The van der Waals surface area contributed by atoms with Crippen molar-refractivity contribution in [2.45, 2.75) is 45.1 Å². The molecule has 1 aromatic heterocycles. The summed E-state index contributed by atoms with van der Waals surface area (Å²) in [5, 5.41) is 6.77. The highest BCUT2D eigenvalue weighted by molar-refractivity contribution is 14.0. The minimum absolute atomic E-state index is 0. The summed E-state index contributed by atoms with van der Waals surface area (Å²) < 4.78 is 0. The van der Waals surface area contributed by atoms with Gasteiger partial charge in [0.2, 0.25) is 0 Å². The first-order chi connectivity index (χ1) is 11.3. The molecule has 2 N–H and O–H groups in total. The van der Waals surface area contributed by atoms with Crippen molar-refractivity contribution in [3.63, 3.8) is 0 Å². The van der Waals surface area contributed by atoms with Crippen LogP contribution in [0.1, 0.15) is 38.2 Å². The summed E-state index contributed by atoms with van der Waals surface area (Å²) in [6, 6.07) is 4.83. The maximum Gasteiger partial charge on any atom is 0.190 e. The first kappa shape index (κ1) is 21.2. The highest BCUT2D eigenvalue weighted by atomic mass is 127. The van der Waals surface area contributed by atoms with Gasteiger partial charge in [0, 0.05) is 45.1 Å². The first-order valence-electron chi connectivity index (χ1n) is 8.87. The van der Waals surface area contributed by atoms with E-state index in [2.05, 4.69) is 38.5 Å². The van der Waals surface area contributed by atoms with Crippen LogP contribution >= 0.6 is 24.0 Å². The topological polar surface area (TPSA) is 52.6 Å². The van der Waals surface area contributed by atoms with E-state index in [1.54, 1.807) is 6.20 Å². The van der Waals surface area contributed by atoms with Crippen LogP contribution in [0.2, 0.25) is 0 Å². The third-order valence-electron chi connectivity index (χ3n) is 4.51. The van der Waals surface area contributed by atoms with E-state index in [1.165, 1.54) is 37.9 Å². The van der Waals surface area contributed by atoms with Crippen molar-refractivity contribution in [1.82, 2.24) is 20.5 Å². The fourth-order valence-corrected chi connectivity index (χ4v) is 3.07. The summed E-state index contributed by atoms with van der Waals surface area (Å²) in [4.78, 5) is 11.0. The minimum atomic E-state index is 0. The van der Waals surface area contributed by atoms with E-state index >= 15 is 0 Å². The standard InChI is InChI=1S/C18H31N5.HI/c1-16-7-3-4-13-23(16)14-6-11-21-18(19-2)22-12-9-17-8-5-10-20-15-17;/h5,8,10,15-16H,3-4,6-7,9,11-14H2,1-2H3,(H2,19,21,22);1H. The van der Waals surface area contributed by atoms with Gasteiger partial charge in [0.15, 0.2) is 5.96 Å². The molecule has 136 valence electrons. The molecule has 0 aliphatic carbocycles. The van der Waals surface area contributed by atoms with Crippen LogP contribution in [0.4, 0.5) is 0 Å². The average molecular weight is 445 g/mol. The van der Waals surface area contributed by atoms with Crippen LogP contribution in [0, 0.1) is 0 Å². The molecule has 0 radical (unpaired) electrons. The van der Waals surface area contributed by atoms with Crippen molar-refractivity contribution in [3.05, 3.63) is 30.1 Å². The highest BCUT2D eigenvalue weighted by Crippen LogP contribution is 2.15. The third kappa shape index (κ3) is 7.79. The molecule has 1 unspecified atom stereocenters. The Kier molecular flexibility index (Phi) is 11.0. The van der Waals surface area contributed by atoms with Crippen LogP contribution in [0.5, 0.6) is 0 Å². The van der Waals surface area contributed by atoms with E-state index in [0.717, 1.165) is 37.9 Å². The zero-order valence-electron chi connectivity index (χ0n) is 15.0. The molecule has 0 bridgehead atoms. The lowest BCUT2D eigenvalue weighted by Crippen LogP contribution is -2.41. The van der Waals surface area contributed by atoms with Crippen molar-refractivity contribution in [2.75, 3.05) is 33.2 Å². The van der Waals surface area contributed by atoms with E-state index < -0.39 is 0 Å². The first-order valence-corrected chi connectivity index (χ1v) is 8.87. The predicted octanol–water partition coefficient (Wildman–Crippen LogP) is 2.67. The third-order valence-corrected chi connectivity index (χ3v) is 4.51. The number of likely N-dealkylation sites (tertiary alicyclic amines) is 1. The van der Waals surface area contributed by atoms with Gasteiger partial charge in [-0.05, 0) is 50.8 Å². The quantitative estimate of drug-likeness (QED) is 0.293. The van der Waals surface area contributed by atoms with Gasteiger partial charge < -0.3 is 15.5 Å². The molecule has 6 heteroatoms. The molecule has 1 aliphatic rings. The summed E-state index contributed by atoms with van der Waals surface area (Å²) in [7, 11) is 1.83. The second-order valence-corrected chi connectivity index (χ2v) is 6.27. The SMILES string of the molecule is CN=C(NCCCN1CCCCC1C)NCCc1cccnc1.I. The summed E-state index contributed by atoms with van der Waals surface area (Å²) in [6.45, 7) is 6.63. The molecule has 1 aliphatic heterocycles. The Balaban J connectivity index is 0.00000288. The maximum absolute atomic E-state index is 4.28. The molecule has 0 spiro atoms. The molecule has 5 nitrogen and oxygen atoms in total. The fourth-order valence-electron chi connectivity index (χ4n) is 3.07. The van der Waals surface area contributed by atoms with Crippen molar-refractivity contribution in [3.8, 4) is 0 Å². The zero-order valence-corrected chi connectivity index (χ0v) is 17.3. The Hall–Kier alpha value is -0.890. The molecule has 1 atom stereocenters. The van der Waals surface area contributed by atoms with Gasteiger partial charge in [0.1, 0.15) is 0 Å². The Morgan fingerprint density at radius 2 is 2.17 bits per heavy atom. The molecular formula is C18H32IN5. The van der Waals surface area contributed by atoms with Crippen LogP contribution < -0.4 is 10.6 Å². The molecule has 1 fully saturated rings. The molecule has 1 saturated heterocycles. The normalized spacial score (nSPS) is 18.8. The number of rotatable bonds is 7. The summed E-state index contributed by atoms with van der Waals surface area (Å²) in [6.07, 6.45) is 9.94. The lowest BCUT2D eigenvalue weighted by molar-refractivity contribution is 0.159. The minimum Gasteiger partial charge on any atom is -0.356 e. The number of nitrogens with one attached hydrogen (secondary N) is 2. The van der Waals surface area contributed by atoms with Crippen molar-refractivity contribution in [1.29, 1.82) is 0 Å². The molecule has 0 amide bonds. The van der Waals surface area contributed by atoms with Crippen LogP contribution in [0.25, 0.3) is 0 Å². The van der Waals surface area contributed by atoms with Crippen molar-refractivity contribution in [2.24, 2.45) is 4.99 Å². The molecule has 1 aromatic rings. The number of hydrogen-bond donors (Lipinski definition) is 2. The van der Waals surface area contributed by atoms with Gasteiger partial charge in [-0.1, -0.05) is 12.5 Å². The van der Waals surface area contributed by atoms with Gasteiger partial charge in [-0.15, -0.1) is 24.0 Å². The number of aromatic nitrogens is 1. The lowest BCUT2D eigenvalue weighted by atomic mass is 10.0. The van der Waals surface area contributed by atoms with Gasteiger partial charge in [-0.3, -0.25) is 9.98 Å². The van der Waals surface area contributed by atoms with Crippen molar-refractivity contribution < 1.29 is 0 Å². The summed E-state index contributed by atoms with van der Waals surface area (Å²) in [5.41, 5.74) is 1.24. The van der Waals surface area contributed by atoms with E-state index in [4.69, 9.17) is 0 Å². The van der Waals surface area contributed by atoms with Gasteiger partial charge in [0.05, 0.1) is 0 Å². The number of pyridine rings is 1. The number of piperidine rings is 1. The smallest absolute Gasteiger partial charge is 0.190 e. The Morgan fingerprint density at radius 3 is 2.88 bits per heavy atom. The number of guanidine groups is 1. The van der Waals surface area contributed by atoms with E-state index in [1.807, 2.05) is 19.3 Å². The number of halogens is 1. The number of hydrogen-bond acceptors (Lipinski definition) is 3. The molecule has 2 rings (SSSR count). The molecular weight excluding hydrogens is 413 g/mol. The van der Waals surface area contributed by atoms with E-state index in [-0.39, 0.29) is 24.0 Å². The molecule has 2 heterocycles. The Labute approximate surface area is 163 Å². The van der Waals surface area contributed by atoms with Crippen molar-refractivity contribution >= 4 is 29.9 Å². The Morgan fingerprint density at radius 1 is 1.33 bits per heavy atom. The van der Waals surface area contributed by atoms with Gasteiger partial charge in [0.25, 0.3) is 0 Å². The Bertz CT molecular complexity index is 466. The lowest BCUT2D eigenvalue weighted by Gasteiger charge is -2.33. The van der Waals surface area contributed by atoms with E-state index in [0.29, 0.717) is 0 Å². The second-order valence-electron chi connectivity index (χ2n) is 6.27. The van der Waals surface area contributed by atoms with Crippen LogP contribution in [0.3, 0.4) is 0 Å². The molecule has 24 heavy (non-hydrogen) atoms. The number of nitrogens with zero attached hydrogens (tertiary/aromatic N) is 3. The molecule has 0 aromatic carbocycles. The summed E-state index contributed by atoms with van der Waals surface area (Å²) >= 11 is 0. The van der Waals surface area contributed by atoms with Gasteiger partial charge in [-0.2, -0.15) is 0 Å². The maximum atomic E-state index is 4.28. The zero-order chi connectivity index (χ0) is 16.3. The second kappa shape index (κ2) is 12.5. The highest BCUT2D eigenvalue weighted by Gasteiger charge is 2.16.